The van der Waals surface area contributed by atoms with E-state index in [1.807, 2.05) is 0 Å². The third kappa shape index (κ3) is 4.95. The van der Waals surface area contributed by atoms with E-state index in [4.69, 9.17) is 5.73 Å². The standard InChI is InChI=1S/C15H15F2IN4O3/c16-15(17)22-7-9(12(18)21-22)14(25)20-10(11(23)13(19)24)6-8-4-2-1-3-5-8/h1-5,7,10-11,15,23H,6H2,(H2,19,24)(H,20,25). The Morgan fingerprint density at radius 1 is 1.32 bits per heavy atom. The molecule has 0 bridgehead atoms. The summed E-state index contributed by atoms with van der Waals surface area (Å²) in [6.45, 7) is -2.88. The minimum atomic E-state index is -2.88. The number of hydrogen-bond donors (Lipinski definition) is 3. The fourth-order valence-corrected chi connectivity index (χ4v) is 2.81. The average molecular weight is 464 g/mol. The van der Waals surface area contributed by atoms with E-state index in [1.54, 1.807) is 52.9 Å². The molecule has 134 valence electrons. The summed E-state index contributed by atoms with van der Waals surface area (Å²) in [6, 6.07) is 7.82. The van der Waals surface area contributed by atoms with Crippen LogP contribution in [0.25, 0.3) is 0 Å². The Balaban J connectivity index is 2.20. The van der Waals surface area contributed by atoms with E-state index < -0.39 is 30.5 Å². The van der Waals surface area contributed by atoms with Gasteiger partial charge in [-0.05, 0) is 34.6 Å². The van der Waals surface area contributed by atoms with Crippen molar-refractivity contribution in [3.8, 4) is 0 Å². The summed E-state index contributed by atoms with van der Waals surface area (Å²) in [7, 11) is 0. The molecule has 2 atom stereocenters. The summed E-state index contributed by atoms with van der Waals surface area (Å²) in [5.41, 5.74) is 5.79. The van der Waals surface area contributed by atoms with Crippen molar-refractivity contribution < 1.29 is 23.5 Å². The van der Waals surface area contributed by atoms with Crippen LogP contribution in [0.5, 0.6) is 0 Å². The van der Waals surface area contributed by atoms with E-state index in [0.717, 1.165) is 11.8 Å². The van der Waals surface area contributed by atoms with Gasteiger partial charge in [-0.1, -0.05) is 30.3 Å². The maximum atomic E-state index is 12.7. The van der Waals surface area contributed by atoms with Crippen LogP contribution < -0.4 is 11.1 Å². The smallest absolute Gasteiger partial charge is 0.333 e. The van der Waals surface area contributed by atoms with Gasteiger partial charge in [0.05, 0.1) is 11.6 Å². The quantitative estimate of drug-likeness (QED) is 0.533. The fraction of sp³-hybridized carbons (Fsp3) is 0.267. The SMILES string of the molecule is NC(=O)C(O)C(Cc1ccccc1)NC(=O)c1cn(C(F)F)nc1I. The predicted molar refractivity (Wildman–Crippen MR) is 92.8 cm³/mol. The molecule has 2 rings (SSSR count). The Morgan fingerprint density at radius 2 is 1.96 bits per heavy atom. The molecule has 1 aromatic carbocycles. The number of benzene rings is 1. The van der Waals surface area contributed by atoms with E-state index >= 15 is 0 Å². The van der Waals surface area contributed by atoms with E-state index in [0.29, 0.717) is 4.68 Å². The number of carbonyl (C=O) groups is 2. The number of alkyl halides is 2. The van der Waals surface area contributed by atoms with E-state index in [1.165, 1.54) is 0 Å². The Hall–Kier alpha value is -2.08. The van der Waals surface area contributed by atoms with Crippen LogP contribution in [-0.4, -0.2) is 38.8 Å². The largest absolute Gasteiger partial charge is 0.381 e. The zero-order chi connectivity index (χ0) is 18.6. The number of aromatic nitrogens is 2. The molecule has 0 aliphatic rings. The van der Waals surface area contributed by atoms with Crippen molar-refractivity contribution in [1.82, 2.24) is 15.1 Å². The van der Waals surface area contributed by atoms with E-state index in [-0.39, 0.29) is 15.7 Å². The minimum Gasteiger partial charge on any atom is -0.381 e. The third-order valence-electron chi connectivity index (χ3n) is 3.42. The predicted octanol–water partition coefficient (Wildman–Crippen LogP) is 1.07. The Bertz CT molecular complexity index is 754. The van der Waals surface area contributed by atoms with Gasteiger partial charge in [-0.15, -0.1) is 0 Å². The number of primary amides is 1. The minimum absolute atomic E-state index is 0.0717. The van der Waals surface area contributed by atoms with Gasteiger partial charge in [0.1, 0.15) is 3.70 Å². The highest BCUT2D eigenvalue weighted by molar-refractivity contribution is 14.1. The molecule has 0 radical (unpaired) electrons. The van der Waals surface area contributed by atoms with Crippen LogP contribution in [0.15, 0.2) is 36.5 Å². The van der Waals surface area contributed by atoms with Crippen molar-refractivity contribution >= 4 is 34.4 Å². The van der Waals surface area contributed by atoms with Gasteiger partial charge >= 0.3 is 6.55 Å². The van der Waals surface area contributed by atoms with Gasteiger partial charge in [-0.25, -0.2) is 4.68 Å². The van der Waals surface area contributed by atoms with Gasteiger partial charge in [0.25, 0.3) is 5.91 Å². The molecule has 0 spiro atoms. The molecule has 2 aromatic rings. The van der Waals surface area contributed by atoms with Crippen LogP contribution in [0.2, 0.25) is 0 Å². The van der Waals surface area contributed by atoms with Gasteiger partial charge < -0.3 is 16.2 Å². The lowest BCUT2D eigenvalue weighted by molar-refractivity contribution is -0.127. The molecular formula is C15H15F2IN4O3. The number of rotatable bonds is 7. The van der Waals surface area contributed by atoms with Gasteiger partial charge in [-0.2, -0.15) is 13.9 Å². The molecule has 4 N–H and O–H groups in total. The van der Waals surface area contributed by atoms with E-state index in [2.05, 4.69) is 10.4 Å². The maximum absolute atomic E-state index is 12.7. The summed E-state index contributed by atoms with van der Waals surface area (Å²) in [5, 5.41) is 16.0. The summed E-state index contributed by atoms with van der Waals surface area (Å²) in [5.74, 6) is -1.74. The van der Waals surface area contributed by atoms with Crippen LogP contribution >= 0.6 is 22.6 Å². The number of halogens is 3. The normalized spacial score (nSPS) is 13.5. The van der Waals surface area contributed by atoms with Gasteiger partial charge in [0.15, 0.2) is 6.10 Å². The number of hydrogen-bond acceptors (Lipinski definition) is 4. The van der Waals surface area contributed by atoms with Gasteiger partial charge in [0, 0.05) is 6.20 Å². The summed E-state index contributed by atoms with van der Waals surface area (Å²) in [6.07, 6.45) is -0.596. The fourth-order valence-electron chi connectivity index (χ4n) is 2.18. The molecule has 0 saturated carbocycles. The van der Waals surface area contributed by atoms with Crippen LogP contribution in [0.1, 0.15) is 22.5 Å². The monoisotopic (exact) mass is 464 g/mol. The molecule has 2 amide bonds. The molecule has 0 aliphatic heterocycles. The van der Waals surface area contributed by atoms with Crippen LogP contribution in [0.4, 0.5) is 8.78 Å². The van der Waals surface area contributed by atoms with Crippen molar-refractivity contribution in [3.63, 3.8) is 0 Å². The number of amides is 2. The molecule has 1 aromatic heterocycles. The van der Waals surface area contributed by atoms with Crippen molar-refractivity contribution in [3.05, 3.63) is 51.4 Å². The molecule has 0 saturated heterocycles. The number of nitrogens with one attached hydrogen (secondary N) is 1. The highest BCUT2D eigenvalue weighted by Gasteiger charge is 2.28. The van der Waals surface area contributed by atoms with Crippen molar-refractivity contribution in [2.75, 3.05) is 0 Å². The molecule has 10 heteroatoms. The Morgan fingerprint density at radius 3 is 2.48 bits per heavy atom. The molecule has 0 fully saturated rings. The molecule has 25 heavy (non-hydrogen) atoms. The Labute approximate surface area is 155 Å². The molecular weight excluding hydrogens is 449 g/mol. The first-order chi connectivity index (χ1) is 11.8. The van der Waals surface area contributed by atoms with Crippen LogP contribution in [0.3, 0.4) is 0 Å². The number of carbonyl (C=O) groups excluding carboxylic acids is 2. The van der Waals surface area contributed by atoms with Crippen molar-refractivity contribution in [2.24, 2.45) is 5.73 Å². The summed E-state index contributed by atoms with van der Waals surface area (Å²) < 4.78 is 25.8. The first-order valence-electron chi connectivity index (χ1n) is 7.14. The molecule has 2 unspecified atom stereocenters. The zero-order valence-corrected chi connectivity index (χ0v) is 14.9. The van der Waals surface area contributed by atoms with Gasteiger partial charge in [-0.3, -0.25) is 9.59 Å². The molecule has 7 nitrogen and oxygen atoms in total. The number of aliphatic hydroxyl groups is 1. The first kappa shape index (κ1) is 19.2. The van der Waals surface area contributed by atoms with E-state index in [9.17, 15) is 23.5 Å². The summed E-state index contributed by atoms with van der Waals surface area (Å²) >= 11 is 1.65. The van der Waals surface area contributed by atoms with Gasteiger partial charge in [0.2, 0.25) is 5.91 Å². The average Bonchev–Trinajstić information content (AvgIpc) is 2.96. The second-order valence-electron chi connectivity index (χ2n) is 5.21. The highest BCUT2D eigenvalue weighted by Crippen LogP contribution is 2.16. The second-order valence-corrected chi connectivity index (χ2v) is 6.23. The van der Waals surface area contributed by atoms with Crippen LogP contribution in [-0.2, 0) is 11.2 Å². The number of nitrogens with two attached hydrogens (primary N) is 1. The third-order valence-corrected chi connectivity index (χ3v) is 4.22. The molecule has 1 heterocycles. The Kier molecular flexibility index (Phi) is 6.42. The first-order valence-corrected chi connectivity index (χ1v) is 8.22. The highest BCUT2D eigenvalue weighted by atomic mass is 127. The molecule has 0 aliphatic carbocycles. The topological polar surface area (TPSA) is 110 Å². The maximum Gasteiger partial charge on any atom is 0.333 e. The zero-order valence-electron chi connectivity index (χ0n) is 12.8. The summed E-state index contributed by atoms with van der Waals surface area (Å²) in [4.78, 5) is 23.7. The van der Waals surface area contributed by atoms with Crippen LogP contribution in [0, 0.1) is 3.70 Å². The lowest BCUT2D eigenvalue weighted by atomic mass is 10.0. The van der Waals surface area contributed by atoms with Crippen molar-refractivity contribution in [2.45, 2.75) is 25.1 Å². The number of aliphatic hydroxyl groups excluding tert-OH is 1. The van der Waals surface area contributed by atoms with Crippen molar-refractivity contribution in [1.29, 1.82) is 0 Å². The second kappa shape index (κ2) is 8.34. The number of nitrogens with zero attached hydrogens (tertiary/aromatic N) is 2. The lowest BCUT2D eigenvalue weighted by Crippen LogP contribution is -2.50. The lowest BCUT2D eigenvalue weighted by Gasteiger charge is -2.22.